The number of hydrogen-bond donors (Lipinski definition) is 1. The Morgan fingerprint density at radius 3 is 3.12 bits per heavy atom. The summed E-state index contributed by atoms with van der Waals surface area (Å²) in [5, 5.41) is 13.5. The number of terminal acetylenes is 1. The average molecular weight is 229 g/mol. The SMILES string of the molecule is C#CCSc1nc2ccnn2c(N)c1C#N. The molecule has 78 valence electrons. The van der Waals surface area contributed by atoms with Gasteiger partial charge in [-0.25, -0.2) is 4.98 Å². The highest BCUT2D eigenvalue weighted by atomic mass is 32.2. The van der Waals surface area contributed by atoms with Crippen molar-refractivity contribution in [1.29, 1.82) is 5.26 Å². The van der Waals surface area contributed by atoms with E-state index < -0.39 is 0 Å². The number of nitrogens with two attached hydrogens (primary N) is 1. The highest BCUT2D eigenvalue weighted by Crippen LogP contribution is 2.24. The molecular formula is C10H7N5S. The molecule has 0 fully saturated rings. The van der Waals surface area contributed by atoms with Crippen molar-refractivity contribution in [3.63, 3.8) is 0 Å². The summed E-state index contributed by atoms with van der Waals surface area (Å²) in [5.41, 5.74) is 6.74. The molecule has 2 aromatic heterocycles. The topological polar surface area (TPSA) is 80.0 Å². The molecule has 0 unspecified atom stereocenters. The first-order valence-electron chi connectivity index (χ1n) is 4.37. The summed E-state index contributed by atoms with van der Waals surface area (Å²) < 4.78 is 1.43. The van der Waals surface area contributed by atoms with E-state index >= 15 is 0 Å². The van der Waals surface area contributed by atoms with Gasteiger partial charge in [-0.2, -0.15) is 14.9 Å². The van der Waals surface area contributed by atoms with Gasteiger partial charge >= 0.3 is 0 Å². The minimum absolute atomic E-state index is 0.289. The molecule has 0 saturated carbocycles. The van der Waals surface area contributed by atoms with Gasteiger partial charge in [-0.1, -0.05) is 17.7 Å². The van der Waals surface area contributed by atoms with E-state index in [1.165, 1.54) is 16.3 Å². The van der Waals surface area contributed by atoms with E-state index in [-0.39, 0.29) is 5.82 Å². The van der Waals surface area contributed by atoms with Crippen molar-refractivity contribution in [2.24, 2.45) is 0 Å². The van der Waals surface area contributed by atoms with Crippen LogP contribution >= 0.6 is 11.8 Å². The molecule has 0 amide bonds. The Morgan fingerprint density at radius 1 is 1.62 bits per heavy atom. The summed E-state index contributed by atoms with van der Waals surface area (Å²) in [6.07, 6.45) is 6.75. The van der Waals surface area contributed by atoms with Crippen molar-refractivity contribution in [1.82, 2.24) is 14.6 Å². The van der Waals surface area contributed by atoms with Crippen LogP contribution in [-0.4, -0.2) is 20.4 Å². The van der Waals surface area contributed by atoms with Gasteiger partial charge in [-0.3, -0.25) is 0 Å². The molecule has 6 heteroatoms. The summed E-state index contributed by atoms with van der Waals surface area (Å²) in [6, 6.07) is 3.74. The van der Waals surface area contributed by atoms with E-state index in [2.05, 4.69) is 16.0 Å². The Labute approximate surface area is 96.3 Å². The second-order valence-electron chi connectivity index (χ2n) is 2.88. The fourth-order valence-electron chi connectivity index (χ4n) is 1.26. The molecule has 0 aromatic carbocycles. The van der Waals surface area contributed by atoms with E-state index in [4.69, 9.17) is 17.4 Å². The Hall–Kier alpha value is -2.18. The van der Waals surface area contributed by atoms with Crippen LogP contribution < -0.4 is 5.73 Å². The van der Waals surface area contributed by atoms with Crippen LogP contribution in [0.5, 0.6) is 0 Å². The Morgan fingerprint density at radius 2 is 2.44 bits per heavy atom. The van der Waals surface area contributed by atoms with Gasteiger partial charge in [0, 0.05) is 6.07 Å². The number of aromatic nitrogens is 3. The molecule has 0 bridgehead atoms. The summed E-state index contributed by atoms with van der Waals surface area (Å²) >= 11 is 1.31. The molecule has 5 nitrogen and oxygen atoms in total. The van der Waals surface area contributed by atoms with E-state index in [9.17, 15) is 0 Å². The summed E-state index contributed by atoms with van der Waals surface area (Å²) in [7, 11) is 0. The second-order valence-corrected chi connectivity index (χ2v) is 3.85. The number of hydrogen-bond acceptors (Lipinski definition) is 5. The van der Waals surface area contributed by atoms with Crippen LogP contribution in [0.2, 0.25) is 0 Å². The zero-order valence-corrected chi connectivity index (χ0v) is 9.03. The van der Waals surface area contributed by atoms with Crippen molar-refractivity contribution in [3.8, 4) is 18.4 Å². The van der Waals surface area contributed by atoms with Crippen molar-refractivity contribution in [2.75, 3.05) is 11.5 Å². The van der Waals surface area contributed by atoms with Gasteiger partial charge in [0.2, 0.25) is 0 Å². The number of thioether (sulfide) groups is 1. The molecule has 2 aromatic rings. The van der Waals surface area contributed by atoms with Crippen LogP contribution in [0, 0.1) is 23.7 Å². The van der Waals surface area contributed by atoms with Crippen LogP contribution in [0.15, 0.2) is 17.3 Å². The Kier molecular flexibility index (Phi) is 2.67. The zero-order chi connectivity index (χ0) is 11.5. The van der Waals surface area contributed by atoms with Crippen LogP contribution in [-0.2, 0) is 0 Å². The molecule has 0 aliphatic rings. The van der Waals surface area contributed by atoms with Crippen LogP contribution in [0.4, 0.5) is 5.82 Å². The third-order valence-electron chi connectivity index (χ3n) is 1.94. The lowest BCUT2D eigenvalue weighted by Crippen LogP contribution is -2.05. The van der Waals surface area contributed by atoms with Gasteiger partial charge in [-0.05, 0) is 0 Å². The predicted molar refractivity (Wildman–Crippen MR) is 61.7 cm³/mol. The fraction of sp³-hybridized carbons (Fsp3) is 0.100. The predicted octanol–water partition coefficient (Wildman–Crippen LogP) is 0.908. The van der Waals surface area contributed by atoms with Gasteiger partial charge in [-0.15, -0.1) is 6.42 Å². The number of rotatable bonds is 2. The van der Waals surface area contributed by atoms with Crippen LogP contribution in [0.25, 0.3) is 5.65 Å². The van der Waals surface area contributed by atoms with E-state index in [1.807, 2.05) is 6.07 Å². The maximum atomic E-state index is 9.02. The molecule has 0 spiro atoms. The second kappa shape index (κ2) is 4.13. The molecule has 16 heavy (non-hydrogen) atoms. The average Bonchev–Trinajstić information content (AvgIpc) is 2.75. The molecular weight excluding hydrogens is 222 g/mol. The monoisotopic (exact) mass is 229 g/mol. The number of anilines is 1. The van der Waals surface area contributed by atoms with E-state index in [0.29, 0.717) is 22.0 Å². The lowest BCUT2D eigenvalue weighted by atomic mass is 10.3. The lowest BCUT2D eigenvalue weighted by Gasteiger charge is -2.05. The summed E-state index contributed by atoms with van der Waals surface area (Å²) in [4.78, 5) is 4.27. The fourth-order valence-corrected chi connectivity index (χ4v) is 1.93. The minimum Gasteiger partial charge on any atom is -0.382 e. The molecule has 0 aliphatic heterocycles. The molecule has 0 aliphatic carbocycles. The molecule has 2 rings (SSSR count). The third kappa shape index (κ3) is 1.56. The quantitative estimate of drug-likeness (QED) is 0.470. The van der Waals surface area contributed by atoms with Crippen molar-refractivity contribution in [2.45, 2.75) is 5.03 Å². The zero-order valence-electron chi connectivity index (χ0n) is 8.21. The van der Waals surface area contributed by atoms with Crippen molar-refractivity contribution in [3.05, 3.63) is 17.8 Å². The normalized spacial score (nSPS) is 9.88. The van der Waals surface area contributed by atoms with Gasteiger partial charge < -0.3 is 5.73 Å². The van der Waals surface area contributed by atoms with Gasteiger partial charge in [0.05, 0.1) is 11.9 Å². The maximum absolute atomic E-state index is 9.02. The minimum atomic E-state index is 0.289. The molecule has 2 N–H and O–H groups in total. The molecule has 2 heterocycles. The van der Waals surface area contributed by atoms with E-state index in [0.717, 1.165) is 0 Å². The van der Waals surface area contributed by atoms with Crippen LogP contribution in [0.1, 0.15) is 5.56 Å². The molecule has 0 atom stereocenters. The maximum Gasteiger partial charge on any atom is 0.158 e. The number of nitrogen functional groups attached to an aromatic ring is 1. The first-order valence-corrected chi connectivity index (χ1v) is 5.36. The highest BCUT2D eigenvalue weighted by molar-refractivity contribution is 7.99. The lowest BCUT2D eigenvalue weighted by molar-refractivity contribution is 0.921. The van der Waals surface area contributed by atoms with Crippen molar-refractivity contribution < 1.29 is 0 Å². The van der Waals surface area contributed by atoms with E-state index in [1.54, 1.807) is 12.3 Å². The van der Waals surface area contributed by atoms with Gasteiger partial charge in [0.1, 0.15) is 22.5 Å². The molecule has 0 saturated heterocycles. The standard InChI is InChI=1S/C10H7N5S/c1-2-5-16-10-7(6-11)9(12)15-8(14-10)3-4-13-15/h1,3-4H,5,12H2. The van der Waals surface area contributed by atoms with Crippen molar-refractivity contribution >= 4 is 23.2 Å². The van der Waals surface area contributed by atoms with Gasteiger partial charge in [0.15, 0.2) is 5.65 Å². The first kappa shape index (κ1) is 10.3. The highest BCUT2D eigenvalue weighted by Gasteiger charge is 2.13. The number of nitriles is 1. The largest absolute Gasteiger partial charge is 0.382 e. The smallest absolute Gasteiger partial charge is 0.158 e. The summed E-state index contributed by atoms with van der Waals surface area (Å²) in [6.45, 7) is 0. The Bertz CT molecular complexity index is 616. The molecule has 0 radical (unpaired) electrons. The van der Waals surface area contributed by atoms with Gasteiger partial charge in [0.25, 0.3) is 0 Å². The first-order chi connectivity index (χ1) is 7.77. The third-order valence-corrected chi connectivity index (χ3v) is 2.82. The summed E-state index contributed by atoms with van der Waals surface area (Å²) in [5.74, 6) is 3.22. The number of fused-ring (bicyclic) bond motifs is 1. The number of nitrogens with zero attached hydrogens (tertiary/aromatic N) is 4. The van der Waals surface area contributed by atoms with Crippen LogP contribution in [0.3, 0.4) is 0 Å². The Balaban J connectivity index is 2.64.